The zero-order valence-corrected chi connectivity index (χ0v) is 11.4. The minimum absolute atomic E-state index is 0.247. The third-order valence-corrected chi connectivity index (χ3v) is 3.63. The van der Waals surface area contributed by atoms with Gasteiger partial charge in [0.2, 0.25) is 5.89 Å². The fourth-order valence-electron chi connectivity index (χ4n) is 2.33. The van der Waals surface area contributed by atoms with Gasteiger partial charge >= 0.3 is 0 Å². The largest absolute Gasteiger partial charge is 0.339 e. The second-order valence-corrected chi connectivity index (χ2v) is 5.29. The number of hydrogen-bond acceptors (Lipinski definition) is 4. The number of rotatable bonds is 3. The average molecular weight is 278 g/mol. The summed E-state index contributed by atoms with van der Waals surface area (Å²) in [5, 5.41) is 8.23. The fraction of sp³-hybridized carbons (Fsp3) is 0.429. The standard InChI is InChI=1S/C14H16ClN3O/c15-11-6-4-10(5-7-11)9-13-17-14(18-19-13)12-3-1-2-8-16-12/h4-7,12,16H,1-3,8-9H2. The molecule has 0 radical (unpaired) electrons. The summed E-state index contributed by atoms with van der Waals surface area (Å²) in [6.45, 7) is 1.03. The molecule has 1 N–H and O–H groups in total. The molecule has 0 saturated carbocycles. The Morgan fingerprint density at radius 1 is 1.26 bits per heavy atom. The zero-order valence-electron chi connectivity index (χ0n) is 10.6. The van der Waals surface area contributed by atoms with E-state index in [0.29, 0.717) is 12.3 Å². The molecule has 1 aromatic carbocycles. The second kappa shape index (κ2) is 5.72. The minimum atomic E-state index is 0.247. The monoisotopic (exact) mass is 277 g/mol. The molecule has 3 rings (SSSR count). The Morgan fingerprint density at radius 3 is 2.84 bits per heavy atom. The van der Waals surface area contributed by atoms with Crippen LogP contribution in [0.3, 0.4) is 0 Å². The lowest BCUT2D eigenvalue weighted by Gasteiger charge is -2.19. The molecule has 1 aliphatic heterocycles. The fourth-order valence-corrected chi connectivity index (χ4v) is 2.46. The molecule has 1 atom stereocenters. The van der Waals surface area contributed by atoms with Crippen LogP contribution in [-0.2, 0) is 6.42 Å². The minimum Gasteiger partial charge on any atom is -0.339 e. The van der Waals surface area contributed by atoms with Crippen LogP contribution in [0.15, 0.2) is 28.8 Å². The summed E-state index contributed by atoms with van der Waals surface area (Å²) < 4.78 is 5.32. The van der Waals surface area contributed by atoms with E-state index in [4.69, 9.17) is 16.1 Å². The van der Waals surface area contributed by atoms with E-state index in [1.165, 1.54) is 12.8 Å². The maximum Gasteiger partial charge on any atom is 0.231 e. The van der Waals surface area contributed by atoms with E-state index in [9.17, 15) is 0 Å². The molecular weight excluding hydrogens is 262 g/mol. The highest BCUT2D eigenvalue weighted by atomic mass is 35.5. The predicted molar refractivity (Wildman–Crippen MR) is 73.2 cm³/mol. The van der Waals surface area contributed by atoms with E-state index in [2.05, 4.69) is 15.5 Å². The van der Waals surface area contributed by atoms with Crippen molar-refractivity contribution < 1.29 is 4.52 Å². The number of benzene rings is 1. The zero-order chi connectivity index (χ0) is 13.1. The van der Waals surface area contributed by atoms with Crippen LogP contribution in [0.4, 0.5) is 0 Å². The van der Waals surface area contributed by atoms with E-state index < -0.39 is 0 Å². The van der Waals surface area contributed by atoms with Crippen LogP contribution in [0.25, 0.3) is 0 Å². The molecule has 1 aromatic heterocycles. The van der Waals surface area contributed by atoms with Crippen LogP contribution in [-0.4, -0.2) is 16.7 Å². The van der Waals surface area contributed by atoms with Crippen molar-refractivity contribution in [3.8, 4) is 0 Å². The molecule has 0 amide bonds. The molecular formula is C14H16ClN3O. The van der Waals surface area contributed by atoms with E-state index in [-0.39, 0.29) is 6.04 Å². The number of halogens is 1. The third kappa shape index (κ3) is 3.14. The molecule has 1 unspecified atom stereocenters. The number of nitrogens with one attached hydrogen (secondary N) is 1. The van der Waals surface area contributed by atoms with Crippen LogP contribution < -0.4 is 5.32 Å². The van der Waals surface area contributed by atoms with Crippen molar-refractivity contribution in [1.29, 1.82) is 0 Å². The van der Waals surface area contributed by atoms with Crippen molar-refractivity contribution in [3.63, 3.8) is 0 Å². The molecule has 19 heavy (non-hydrogen) atoms. The quantitative estimate of drug-likeness (QED) is 0.936. The van der Waals surface area contributed by atoms with E-state index in [1.807, 2.05) is 24.3 Å². The van der Waals surface area contributed by atoms with Gasteiger partial charge in [-0.25, -0.2) is 0 Å². The molecule has 0 spiro atoms. The topological polar surface area (TPSA) is 51.0 Å². The van der Waals surface area contributed by atoms with Crippen molar-refractivity contribution in [3.05, 3.63) is 46.6 Å². The average Bonchev–Trinajstić information content (AvgIpc) is 2.91. The first-order chi connectivity index (χ1) is 9.31. The lowest BCUT2D eigenvalue weighted by molar-refractivity contribution is 0.351. The van der Waals surface area contributed by atoms with Gasteiger partial charge in [-0.3, -0.25) is 0 Å². The Morgan fingerprint density at radius 2 is 2.11 bits per heavy atom. The molecule has 0 bridgehead atoms. The molecule has 2 aromatic rings. The molecule has 4 nitrogen and oxygen atoms in total. The van der Waals surface area contributed by atoms with Crippen molar-refractivity contribution in [2.24, 2.45) is 0 Å². The Labute approximate surface area is 117 Å². The number of hydrogen-bond donors (Lipinski definition) is 1. The Balaban J connectivity index is 1.68. The summed E-state index contributed by atoms with van der Waals surface area (Å²) in [5.74, 6) is 1.44. The van der Waals surface area contributed by atoms with Crippen molar-refractivity contribution in [2.75, 3.05) is 6.54 Å². The van der Waals surface area contributed by atoms with Gasteiger partial charge in [-0.1, -0.05) is 35.3 Å². The van der Waals surface area contributed by atoms with Crippen LogP contribution in [0.2, 0.25) is 5.02 Å². The first kappa shape index (κ1) is 12.6. The van der Waals surface area contributed by atoms with Gasteiger partial charge in [-0.2, -0.15) is 4.98 Å². The van der Waals surface area contributed by atoms with Gasteiger partial charge in [0.05, 0.1) is 12.5 Å². The Hall–Kier alpha value is -1.39. The van der Waals surface area contributed by atoms with Gasteiger partial charge in [0.1, 0.15) is 0 Å². The van der Waals surface area contributed by atoms with Gasteiger partial charge < -0.3 is 9.84 Å². The van der Waals surface area contributed by atoms with Crippen LogP contribution in [0, 0.1) is 0 Å². The van der Waals surface area contributed by atoms with E-state index in [1.54, 1.807) is 0 Å². The molecule has 0 aliphatic carbocycles. The number of piperidine rings is 1. The van der Waals surface area contributed by atoms with Crippen LogP contribution >= 0.6 is 11.6 Å². The van der Waals surface area contributed by atoms with Crippen LogP contribution in [0.1, 0.15) is 42.6 Å². The first-order valence-corrected chi connectivity index (χ1v) is 6.99. The summed E-state index contributed by atoms with van der Waals surface area (Å²) in [6.07, 6.45) is 4.18. The number of aromatic nitrogens is 2. The van der Waals surface area contributed by atoms with Gasteiger partial charge in [0.15, 0.2) is 5.82 Å². The molecule has 1 fully saturated rings. The highest BCUT2D eigenvalue weighted by Crippen LogP contribution is 2.21. The summed E-state index contributed by atoms with van der Waals surface area (Å²) >= 11 is 5.86. The van der Waals surface area contributed by atoms with Crippen LogP contribution in [0.5, 0.6) is 0 Å². The Bertz CT molecular complexity index is 532. The maximum atomic E-state index is 5.86. The Kier molecular flexibility index (Phi) is 3.80. The second-order valence-electron chi connectivity index (χ2n) is 4.85. The highest BCUT2D eigenvalue weighted by molar-refractivity contribution is 6.30. The van der Waals surface area contributed by atoms with Gasteiger partial charge in [0.25, 0.3) is 0 Å². The molecule has 100 valence electrons. The maximum absolute atomic E-state index is 5.86. The lowest BCUT2D eigenvalue weighted by Crippen LogP contribution is -2.27. The SMILES string of the molecule is Clc1ccc(Cc2nc(C3CCCCN3)no2)cc1. The normalized spacial score (nSPS) is 19.5. The van der Waals surface area contributed by atoms with E-state index in [0.717, 1.165) is 29.4 Å². The smallest absolute Gasteiger partial charge is 0.231 e. The van der Waals surface area contributed by atoms with Crippen molar-refractivity contribution >= 4 is 11.6 Å². The summed E-state index contributed by atoms with van der Waals surface area (Å²) in [4.78, 5) is 4.48. The summed E-state index contributed by atoms with van der Waals surface area (Å²) in [5.41, 5.74) is 1.12. The number of nitrogens with zero attached hydrogens (tertiary/aromatic N) is 2. The molecule has 2 heterocycles. The summed E-state index contributed by atoms with van der Waals surface area (Å²) in [7, 11) is 0. The van der Waals surface area contributed by atoms with Gasteiger partial charge in [-0.05, 0) is 37.1 Å². The molecule has 1 aliphatic rings. The van der Waals surface area contributed by atoms with Gasteiger partial charge in [0, 0.05) is 5.02 Å². The highest BCUT2D eigenvalue weighted by Gasteiger charge is 2.20. The third-order valence-electron chi connectivity index (χ3n) is 3.37. The van der Waals surface area contributed by atoms with Gasteiger partial charge in [-0.15, -0.1) is 0 Å². The summed E-state index contributed by atoms with van der Waals surface area (Å²) in [6, 6.07) is 7.94. The molecule has 1 saturated heterocycles. The van der Waals surface area contributed by atoms with Crippen molar-refractivity contribution in [2.45, 2.75) is 31.7 Å². The molecule has 5 heteroatoms. The lowest BCUT2D eigenvalue weighted by atomic mass is 10.0. The van der Waals surface area contributed by atoms with E-state index >= 15 is 0 Å². The predicted octanol–water partition coefficient (Wildman–Crippen LogP) is 3.13. The first-order valence-electron chi connectivity index (χ1n) is 6.61. The van der Waals surface area contributed by atoms with Crippen molar-refractivity contribution in [1.82, 2.24) is 15.5 Å².